The number of amides is 3. The fraction of sp³-hybridized carbons (Fsp3) is 0.250. The minimum absolute atomic E-state index is 0.152. The Morgan fingerprint density at radius 3 is 2.42 bits per heavy atom. The van der Waals surface area contributed by atoms with Crippen molar-refractivity contribution in [2.75, 3.05) is 0 Å². The van der Waals surface area contributed by atoms with Gasteiger partial charge in [-0.15, -0.1) is 11.3 Å². The van der Waals surface area contributed by atoms with Crippen molar-refractivity contribution in [3.05, 3.63) is 52.5 Å². The molecule has 7 nitrogen and oxygen atoms in total. The van der Waals surface area contributed by atoms with Gasteiger partial charge in [0, 0.05) is 6.20 Å². The zero-order chi connectivity index (χ0) is 17.5. The van der Waals surface area contributed by atoms with Crippen LogP contribution in [0.25, 0.3) is 0 Å². The quantitative estimate of drug-likeness (QED) is 0.712. The van der Waals surface area contributed by atoms with Crippen molar-refractivity contribution in [2.24, 2.45) is 5.92 Å². The zero-order valence-electron chi connectivity index (χ0n) is 13.3. The molecule has 0 unspecified atom stereocenters. The van der Waals surface area contributed by atoms with Crippen LogP contribution in [0.1, 0.15) is 34.0 Å². The number of nitrogens with zero attached hydrogens (tertiary/aromatic N) is 1. The third-order valence-corrected chi connectivity index (χ3v) is 4.05. The standard InChI is InChI=1S/C16H18N4O3S/c1-10(2)13(18-15(22)12-7-5-9-24-12)16(23)20-19-14(21)11-6-3-4-8-17-11/h3-10,13H,1-2H3,(H,18,22)(H,19,21)(H,20,23)/t13-/m0/s1. The summed E-state index contributed by atoms with van der Waals surface area (Å²) in [6, 6.07) is 7.55. The van der Waals surface area contributed by atoms with Gasteiger partial charge in [-0.1, -0.05) is 26.0 Å². The van der Waals surface area contributed by atoms with Gasteiger partial charge in [0.2, 0.25) is 0 Å². The average Bonchev–Trinajstić information content (AvgIpc) is 3.12. The minimum Gasteiger partial charge on any atom is -0.339 e. The first kappa shape index (κ1) is 17.6. The largest absolute Gasteiger partial charge is 0.339 e. The third-order valence-electron chi connectivity index (χ3n) is 3.18. The first-order valence-corrected chi connectivity index (χ1v) is 8.22. The molecule has 24 heavy (non-hydrogen) atoms. The Bertz CT molecular complexity index is 701. The van der Waals surface area contributed by atoms with Crippen molar-refractivity contribution in [1.29, 1.82) is 0 Å². The van der Waals surface area contributed by atoms with E-state index in [1.54, 1.807) is 43.5 Å². The van der Waals surface area contributed by atoms with Crippen molar-refractivity contribution < 1.29 is 14.4 Å². The van der Waals surface area contributed by atoms with Crippen LogP contribution in [0.4, 0.5) is 0 Å². The summed E-state index contributed by atoms with van der Waals surface area (Å²) in [6.45, 7) is 3.61. The van der Waals surface area contributed by atoms with Crippen molar-refractivity contribution in [3.8, 4) is 0 Å². The Labute approximate surface area is 143 Å². The average molecular weight is 346 g/mol. The Kier molecular flexibility index (Phi) is 6.02. The molecule has 0 aliphatic carbocycles. The molecular formula is C16H18N4O3S. The van der Waals surface area contributed by atoms with Gasteiger partial charge in [0.1, 0.15) is 11.7 Å². The summed E-state index contributed by atoms with van der Waals surface area (Å²) >= 11 is 1.29. The summed E-state index contributed by atoms with van der Waals surface area (Å²) < 4.78 is 0. The maximum absolute atomic E-state index is 12.3. The maximum atomic E-state index is 12.3. The highest BCUT2D eigenvalue weighted by Crippen LogP contribution is 2.10. The van der Waals surface area contributed by atoms with E-state index in [0.29, 0.717) is 4.88 Å². The van der Waals surface area contributed by atoms with Crippen LogP contribution in [0, 0.1) is 5.92 Å². The molecule has 0 fully saturated rings. The van der Waals surface area contributed by atoms with Crippen LogP contribution in [0.3, 0.4) is 0 Å². The minimum atomic E-state index is -0.774. The second-order valence-electron chi connectivity index (χ2n) is 5.33. The van der Waals surface area contributed by atoms with E-state index in [2.05, 4.69) is 21.2 Å². The van der Waals surface area contributed by atoms with Crippen LogP contribution in [0.5, 0.6) is 0 Å². The molecule has 0 saturated heterocycles. The predicted molar refractivity (Wildman–Crippen MR) is 90.3 cm³/mol. The zero-order valence-corrected chi connectivity index (χ0v) is 14.1. The number of nitrogens with one attached hydrogen (secondary N) is 3. The third kappa shape index (κ3) is 4.63. The number of thiophene rings is 1. The van der Waals surface area contributed by atoms with Gasteiger partial charge < -0.3 is 5.32 Å². The lowest BCUT2D eigenvalue weighted by Gasteiger charge is -2.21. The molecule has 2 heterocycles. The van der Waals surface area contributed by atoms with Gasteiger partial charge in [-0.25, -0.2) is 0 Å². The van der Waals surface area contributed by atoms with Gasteiger partial charge in [0.25, 0.3) is 17.7 Å². The molecule has 8 heteroatoms. The first-order valence-electron chi connectivity index (χ1n) is 7.34. The van der Waals surface area contributed by atoms with Gasteiger partial charge in [-0.05, 0) is 29.5 Å². The summed E-state index contributed by atoms with van der Waals surface area (Å²) in [5.41, 5.74) is 4.80. The summed E-state index contributed by atoms with van der Waals surface area (Å²) in [4.78, 5) is 40.7. The van der Waals surface area contributed by atoms with Crippen LogP contribution < -0.4 is 16.2 Å². The molecular weight excluding hydrogens is 328 g/mol. The molecule has 2 aromatic rings. The number of carbonyl (C=O) groups is 3. The van der Waals surface area contributed by atoms with Gasteiger partial charge in [0.15, 0.2) is 0 Å². The van der Waals surface area contributed by atoms with Crippen LogP contribution in [-0.2, 0) is 4.79 Å². The van der Waals surface area contributed by atoms with Gasteiger partial charge >= 0.3 is 0 Å². The van der Waals surface area contributed by atoms with Gasteiger partial charge in [-0.2, -0.15) is 0 Å². The van der Waals surface area contributed by atoms with E-state index in [0.717, 1.165) is 0 Å². The Balaban J connectivity index is 1.94. The second-order valence-corrected chi connectivity index (χ2v) is 6.28. The molecule has 0 saturated carbocycles. The number of pyridine rings is 1. The van der Waals surface area contributed by atoms with Crippen molar-refractivity contribution >= 4 is 29.1 Å². The van der Waals surface area contributed by atoms with E-state index in [1.807, 2.05) is 0 Å². The highest BCUT2D eigenvalue weighted by atomic mass is 32.1. The van der Waals surface area contributed by atoms with Crippen LogP contribution in [-0.4, -0.2) is 28.7 Å². The number of rotatable bonds is 5. The number of aromatic nitrogens is 1. The molecule has 2 rings (SSSR count). The smallest absolute Gasteiger partial charge is 0.288 e. The maximum Gasteiger partial charge on any atom is 0.288 e. The molecule has 2 aromatic heterocycles. The number of carbonyl (C=O) groups excluding carboxylic acids is 3. The molecule has 3 N–H and O–H groups in total. The first-order chi connectivity index (χ1) is 11.5. The van der Waals surface area contributed by atoms with Gasteiger partial charge in [0.05, 0.1) is 4.88 Å². The second kappa shape index (κ2) is 8.21. The van der Waals surface area contributed by atoms with Crippen molar-refractivity contribution in [2.45, 2.75) is 19.9 Å². The predicted octanol–water partition coefficient (Wildman–Crippen LogP) is 1.36. The van der Waals surface area contributed by atoms with Crippen LogP contribution >= 0.6 is 11.3 Å². The van der Waals surface area contributed by atoms with Gasteiger partial charge in [-0.3, -0.25) is 30.2 Å². The van der Waals surface area contributed by atoms with E-state index in [1.165, 1.54) is 23.6 Å². The number of hydrogen-bond donors (Lipinski definition) is 3. The fourth-order valence-corrected chi connectivity index (χ4v) is 2.54. The highest BCUT2D eigenvalue weighted by Gasteiger charge is 2.25. The van der Waals surface area contributed by atoms with E-state index in [9.17, 15) is 14.4 Å². The lowest BCUT2D eigenvalue weighted by Crippen LogP contribution is -2.54. The Morgan fingerprint density at radius 2 is 1.83 bits per heavy atom. The summed E-state index contributed by atoms with van der Waals surface area (Å²) in [5, 5.41) is 4.46. The van der Waals surface area contributed by atoms with Crippen LogP contribution in [0.2, 0.25) is 0 Å². The molecule has 0 spiro atoms. The van der Waals surface area contributed by atoms with E-state index in [-0.39, 0.29) is 17.5 Å². The summed E-state index contributed by atoms with van der Waals surface area (Å²) in [7, 11) is 0. The van der Waals surface area contributed by atoms with Crippen LogP contribution in [0.15, 0.2) is 41.9 Å². The van der Waals surface area contributed by atoms with Crippen molar-refractivity contribution in [3.63, 3.8) is 0 Å². The van der Waals surface area contributed by atoms with E-state index >= 15 is 0 Å². The SMILES string of the molecule is CC(C)[C@H](NC(=O)c1cccs1)C(=O)NNC(=O)c1ccccn1. The Morgan fingerprint density at radius 1 is 1.04 bits per heavy atom. The monoisotopic (exact) mass is 346 g/mol. The molecule has 0 aromatic carbocycles. The lowest BCUT2D eigenvalue weighted by molar-refractivity contribution is -0.124. The molecule has 3 amide bonds. The number of hydrogen-bond acceptors (Lipinski definition) is 5. The molecule has 0 aliphatic rings. The molecule has 126 valence electrons. The normalized spacial score (nSPS) is 11.6. The fourth-order valence-electron chi connectivity index (χ4n) is 1.91. The summed E-state index contributed by atoms with van der Waals surface area (Å²) in [5.74, 6) is -1.51. The highest BCUT2D eigenvalue weighted by molar-refractivity contribution is 7.12. The molecule has 0 aliphatic heterocycles. The summed E-state index contributed by atoms with van der Waals surface area (Å²) in [6.07, 6.45) is 1.48. The van der Waals surface area contributed by atoms with Crippen molar-refractivity contribution in [1.82, 2.24) is 21.2 Å². The molecule has 0 bridgehead atoms. The molecule has 1 atom stereocenters. The Hall–Kier alpha value is -2.74. The molecule has 0 radical (unpaired) electrons. The topological polar surface area (TPSA) is 100 Å². The number of hydrazine groups is 1. The van der Waals surface area contributed by atoms with E-state index < -0.39 is 17.9 Å². The lowest BCUT2D eigenvalue weighted by atomic mass is 10.0. The van der Waals surface area contributed by atoms with E-state index in [4.69, 9.17) is 0 Å².